The van der Waals surface area contributed by atoms with Crippen molar-refractivity contribution in [3.8, 4) is 6.07 Å². The van der Waals surface area contributed by atoms with Gasteiger partial charge in [-0.1, -0.05) is 6.07 Å². The molecule has 1 N–H and O–H groups in total. The lowest BCUT2D eigenvalue weighted by Gasteiger charge is -2.01. The van der Waals surface area contributed by atoms with Gasteiger partial charge in [-0.3, -0.25) is 4.79 Å². The predicted molar refractivity (Wildman–Crippen MR) is 53.2 cm³/mol. The molecule has 0 aliphatic carbocycles. The summed E-state index contributed by atoms with van der Waals surface area (Å²) in [5, 5.41) is 17.0. The fraction of sp³-hybridized carbons (Fsp3) is 0. The zero-order valence-corrected chi connectivity index (χ0v) is 7.98. The number of carbonyl (C=O) groups excluding carboxylic acids is 1. The standard InChI is InChI=1S/C11H6FNO3/c12-11-7(3-4-10(15)16)1-2-8(5-13)9(11)6-14/h1-4,6H,(H,15,16)/b4-3+. The number of aliphatic carboxylic acids is 1. The third-order valence-corrected chi connectivity index (χ3v) is 1.85. The molecule has 0 unspecified atom stereocenters. The van der Waals surface area contributed by atoms with E-state index in [1.54, 1.807) is 6.07 Å². The first-order valence-corrected chi connectivity index (χ1v) is 4.19. The molecule has 0 spiro atoms. The molecule has 4 nitrogen and oxygen atoms in total. The monoisotopic (exact) mass is 219 g/mol. The maximum Gasteiger partial charge on any atom is 0.328 e. The number of benzene rings is 1. The zero-order valence-electron chi connectivity index (χ0n) is 7.98. The Balaban J connectivity index is 3.31. The molecular weight excluding hydrogens is 213 g/mol. The summed E-state index contributed by atoms with van der Waals surface area (Å²) >= 11 is 0. The number of carboxylic acids is 1. The van der Waals surface area contributed by atoms with Crippen molar-refractivity contribution in [3.63, 3.8) is 0 Å². The lowest BCUT2D eigenvalue weighted by molar-refractivity contribution is -0.131. The fourth-order valence-corrected chi connectivity index (χ4v) is 1.11. The van der Waals surface area contributed by atoms with E-state index in [2.05, 4.69) is 0 Å². The molecule has 16 heavy (non-hydrogen) atoms. The van der Waals surface area contributed by atoms with Crippen LogP contribution >= 0.6 is 0 Å². The normalized spacial score (nSPS) is 10.0. The number of hydrogen-bond donors (Lipinski definition) is 1. The van der Waals surface area contributed by atoms with Gasteiger partial charge in [-0.05, 0) is 12.1 Å². The summed E-state index contributed by atoms with van der Waals surface area (Å²) in [5.74, 6) is -2.12. The Morgan fingerprint density at radius 2 is 2.19 bits per heavy atom. The second kappa shape index (κ2) is 4.84. The van der Waals surface area contributed by atoms with Crippen LogP contribution in [0.4, 0.5) is 4.39 Å². The molecule has 1 aromatic rings. The van der Waals surface area contributed by atoms with Gasteiger partial charge >= 0.3 is 5.97 Å². The van der Waals surface area contributed by atoms with Crippen molar-refractivity contribution in [1.29, 1.82) is 5.26 Å². The molecule has 0 heterocycles. The van der Waals surface area contributed by atoms with Crippen molar-refractivity contribution in [3.05, 3.63) is 40.7 Å². The van der Waals surface area contributed by atoms with Crippen molar-refractivity contribution in [2.45, 2.75) is 0 Å². The van der Waals surface area contributed by atoms with E-state index in [-0.39, 0.29) is 23.0 Å². The van der Waals surface area contributed by atoms with E-state index < -0.39 is 11.8 Å². The summed E-state index contributed by atoms with van der Waals surface area (Å²) < 4.78 is 13.5. The van der Waals surface area contributed by atoms with Crippen LogP contribution in [0.1, 0.15) is 21.5 Å². The van der Waals surface area contributed by atoms with Crippen molar-refractivity contribution >= 4 is 18.3 Å². The molecule has 0 fully saturated rings. The maximum absolute atomic E-state index is 13.5. The van der Waals surface area contributed by atoms with Crippen LogP contribution in [0.2, 0.25) is 0 Å². The summed E-state index contributed by atoms with van der Waals surface area (Å²) in [6.07, 6.45) is 2.00. The highest BCUT2D eigenvalue weighted by Crippen LogP contribution is 2.17. The predicted octanol–water partition coefficient (Wildman–Crippen LogP) is 1.61. The van der Waals surface area contributed by atoms with Crippen molar-refractivity contribution in [2.75, 3.05) is 0 Å². The quantitative estimate of drug-likeness (QED) is 0.618. The molecule has 0 aliphatic rings. The zero-order chi connectivity index (χ0) is 12.1. The van der Waals surface area contributed by atoms with Gasteiger partial charge < -0.3 is 5.11 Å². The van der Waals surface area contributed by atoms with Crippen molar-refractivity contribution in [2.24, 2.45) is 0 Å². The van der Waals surface area contributed by atoms with Gasteiger partial charge in [-0.15, -0.1) is 0 Å². The molecule has 1 aromatic carbocycles. The van der Waals surface area contributed by atoms with Crippen molar-refractivity contribution < 1.29 is 19.1 Å². The molecule has 0 bridgehead atoms. The lowest BCUT2D eigenvalue weighted by atomic mass is 10.0. The third-order valence-electron chi connectivity index (χ3n) is 1.85. The second-order valence-corrected chi connectivity index (χ2v) is 2.83. The van der Waals surface area contributed by atoms with Crippen molar-refractivity contribution in [1.82, 2.24) is 0 Å². The smallest absolute Gasteiger partial charge is 0.328 e. The Hall–Kier alpha value is -2.48. The van der Waals surface area contributed by atoms with Gasteiger partial charge in [0.25, 0.3) is 0 Å². The Bertz CT molecular complexity index is 515. The molecule has 0 saturated heterocycles. The first-order chi connectivity index (χ1) is 7.60. The van der Waals surface area contributed by atoms with Crippen LogP contribution in [0.5, 0.6) is 0 Å². The molecule has 0 aliphatic heterocycles. The Kier molecular flexibility index (Phi) is 3.51. The molecular formula is C11H6FNO3. The van der Waals surface area contributed by atoms with Crippen LogP contribution < -0.4 is 0 Å². The van der Waals surface area contributed by atoms with Gasteiger partial charge in [0.2, 0.25) is 0 Å². The molecule has 5 heteroatoms. The minimum absolute atomic E-state index is 0.0523. The number of aldehydes is 1. The average Bonchev–Trinajstić information content (AvgIpc) is 2.26. The van der Waals surface area contributed by atoms with Crippen LogP contribution in [-0.2, 0) is 4.79 Å². The number of nitrogens with zero attached hydrogens (tertiary/aromatic N) is 1. The Labute approximate surface area is 90.2 Å². The van der Waals surface area contributed by atoms with E-state index in [4.69, 9.17) is 10.4 Å². The highest BCUT2D eigenvalue weighted by molar-refractivity contribution is 5.87. The highest BCUT2D eigenvalue weighted by atomic mass is 19.1. The largest absolute Gasteiger partial charge is 0.478 e. The number of nitriles is 1. The summed E-state index contributed by atoms with van der Waals surface area (Å²) in [6, 6.07) is 4.16. The SMILES string of the molecule is N#Cc1ccc(/C=C/C(=O)O)c(F)c1C=O. The molecule has 80 valence electrons. The summed E-state index contributed by atoms with van der Waals surface area (Å²) in [7, 11) is 0. The van der Waals surface area contributed by atoms with Gasteiger partial charge in [-0.2, -0.15) is 5.26 Å². The average molecular weight is 219 g/mol. The van der Waals surface area contributed by atoms with Crippen LogP contribution in [0.25, 0.3) is 6.08 Å². The van der Waals surface area contributed by atoms with Crippen LogP contribution in [0, 0.1) is 17.1 Å². The summed E-state index contributed by atoms with van der Waals surface area (Å²) in [4.78, 5) is 20.8. The van der Waals surface area contributed by atoms with E-state index in [0.717, 1.165) is 12.2 Å². The van der Waals surface area contributed by atoms with E-state index in [9.17, 15) is 14.0 Å². The number of halogens is 1. The molecule has 0 saturated carbocycles. The summed E-state index contributed by atoms with van der Waals surface area (Å²) in [6.45, 7) is 0. The Morgan fingerprint density at radius 1 is 1.50 bits per heavy atom. The van der Waals surface area contributed by atoms with Gasteiger partial charge in [-0.25, -0.2) is 9.18 Å². The highest BCUT2D eigenvalue weighted by Gasteiger charge is 2.10. The second-order valence-electron chi connectivity index (χ2n) is 2.83. The summed E-state index contributed by atoms with van der Waals surface area (Å²) in [5.41, 5.74) is -0.501. The number of hydrogen-bond acceptors (Lipinski definition) is 3. The molecule has 0 aromatic heterocycles. The van der Waals surface area contributed by atoms with E-state index in [0.29, 0.717) is 0 Å². The first kappa shape index (κ1) is 11.6. The molecule has 0 radical (unpaired) electrons. The van der Waals surface area contributed by atoms with E-state index >= 15 is 0 Å². The Morgan fingerprint density at radius 3 is 2.69 bits per heavy atom. The maximum atomic E-state index is 13.5. The lowest BCUT2D eigenvalue weighted by Crippen LogP contribution is -1.96. The van der Waals surface area contributed by atoms with Gasteiger partial charge in [0.05, 0.1) is 17.2 Å². The molecule has 0 amide bonds. The van der Waals surface area contributed by atoms with Crippen LogP contribution in [0.3, 0.4) is 0 Å². The number of rotatable bonds is 3. The third kappa shape index (κ3) is 2.30. The molecule has 0 atom stereocenters. The van der Waals surface area contributed by atoms with E-state index in [1.165, 1.54) is 12.1 Å². The molecule has 1 rings (SSSR count). The van der Waals surface area contributed by atoms with Gasteiger partial charge in [0.1, 0.15) is 5.82 Å². The van der Waals surface area contributed by atoms with Gasteiger partial charge in [0, 0.05) is 11.6 Å². The van der Waals surface area contributed by atoms with Gasteiger partial charge in [0.15, 0.2) is 6.29 Å². The van der Waals surface area contributed by atoms with E-state index in [1.807, 2.05) is 0 Å². The number of carboxylic acid groups (broad SMARTS) is 1. The fourth-order valence-electron chi connectivity index (χ4n) is 1.11. The minimum Gasteiger partial charge on any atom is -0.478 e. The van der Waals surface area contributed by atoms with Crippen LogP contribution in [-0.4, -0.2) is 17.4 Å². The van der Waals surface area contributed by atoms with Crippen LogP contribution in [0.15, 0.2) is 18.2 Å². The number of carbonyl (C=O) groups is 2. The minimum atomic E-state index is -1.23. The first-order valence-electron chi connectivity index (χ1n) is 4.19. The topological polar surface area (TPSA) is 78.2 Å².